The molecule has 2 aromatic heterocycles. The second kappa shape index (κ2) is 8.55. The summed E-state index contributed by atoms with van der Waals surface area (Å²) < 4.78 is 0. The summed E-state index contributed by atoms with van der Waals surface area (Å²) in [5, 5.41) is 0. The molecule has 1 aliphatic rings. The van der Waals surface area contributed by atoms with Gasteiger partial charge in [-0.3, -0.25) is 19.7 Å². The molecule has 138 valence electrons. The maximum Gasteiger partial charge on any atom is 0.187 e. The molecule has 0 saturated carbocycles. The molecule has 3 aromatic rings. The molecule has 4 heteroatoms. The van der Waals surface area contributed by atoms with Gasteiger partial charge in [0, 0.05) is 55.6 Å². The summed E-state index contributed by atoms with van der Waals surface area (Å²) >= 11 is 0. The highest BCUT2D eigenvalue weighted by molar-refractivity contribution is 6.14. The predicted octanol–water partition coefficient (Wildman–Crippen LogP) is 4.03. The van der Waals surface area contributed by atoms with Crippen molar-refractivity contribution in [3.05, 3.63) is 107 Å². The van der Waals surface area contributed by atoms with Crippen molar-refractivity contribution in [2.75, 3.05) is 13.1 Å². The van der Waals surface area contributed by atoms with Gasteiger partial charge in [0.2, 0.25) is 0 Å². The SMILES string of the molecule is O=C1/C(=C/c2cccnc2)CN(Cc2ccccc2)C/C1=C\c1cccnc1. The maximum atomic E-state index is 13.1. The third-order valence-electron chi connectivity index (χ3n) is 4.67. The van der Waals surface area contributed by atoms with Crippen molar-refractivity contribution < 1.29 is 4.79 Å². The summed E-state index contributed by atoms with van der Waals surface area (Å²) in [4.78, 5) is 23.7. The lowest BCUT2D eigenvalue weighted by Gasteiger charge is -2.30. The van der Waals surface area contributed by atoms with Gasteiger partial charge in [0.05, 0.1) is 0 Å². The Bertz CT molecular complexity index is 934. The third kappa shape index (κ3) is 4.48. The number of benzene rings is 1. The van der Waals surface area contributed by atoms with Gasteiger partial charge in [0.25, 0.3) is 0 Å². The summed E-state index contributed by atoms with van der Waals surface area (Å²) in [6, 6.07) is 18.0. The molecule has 1 aromatic carbocycles. The van der Waals surface area contributed by atoms with Crippen LogP contribution < -0.4 is 0 Å². The average molecular weight is 367 g/mol. The van der Waals surface area contributed by atoms with Crippen molar-refractivity contribution in [3.63, 3.8) is 0 Å². The zero-order chi connectivity index (χ0) is 19.2. The van der Waals surface area contributed by atoms with Crippen LogP contribution in [0.4, 0.5) is 0 Å². The minimum Gasteiger partial charge on any atom is -0.290 e. The molecule has 0 aliphatic carbocycles. The fourth-order valence-corrected chi connectivity index (χ4v) is 3.39. The summed E-state index contributed by atoms with van der Waals surface area (Å²) in [7, 11) is 0. The number of carbonyl (C=O) groups is 1. The first kappa shape index (κ1) is 18.0. The van der Waals surface area contributed by atoms with E-state index >= 15 is 0 Å². The Kier molecular flexibility index (Phi) is 5.50. The Labute approximate surface area is 164 Å². The molecule has 3 heterocycles. The quantitative estimate of drug-likeness (QED) is 0.653. The van der Waals surface area contributed by atoms with Gasteiger partial charge in [0.1, 0.15) is 0 Å². The van der Waals surface area contributed by atoms with E-state index < -0.39 is 0 Å². The van der Waals surface area contributed by atoms with E-state index in [0.717, 1.165) is 28.8 Å². The van der Waals surface area contributed by atoms with Gasteiger partial charge >= 0.3 is 0 Å². The van der Waals surface area contributed by atoms with Gasteiger partial charge in [-0.15, -0.1) is 0 Å². The van der Waals surface area contributed by atoms with Crippen LogP contribution in [0.2, 0.25) is 0 Å². The molecule has 0 radical (unpaired) electrons. The van der Waals surface area contributed by atoms with Gasteiger partial charge < -0.3 is 0 Å². The third-order valence-corrected chi connectivity index (χ3v) is 4.67. The second-order valence-electron chi connectivity index (χ2n) is 6.87. The van der Waals surface area contributed by atoms with E-state index in [1.165, 1.54) is 5.56 Å². The fourth-order valence-electron chi connectivity index (χ4n) is 3.39. The molecule has 0 N–H and O–H groups in total. The predicted molar refractivity (Wildman–Crippen MR) is 111 cm³/mol. The molecular formula is C24H21N3O. The Morgan fingerprint density at radius 3 is 1.86 bits per heavy atom. The Morgan fingerprint density at radius 1 is 0.786 bits per heavy atom. The van der Waals surface area contributed by atoms with E-state index in [1.54, 1.807) is 24.8 Å². The molecule has 0 bridgehead atoms. The highest BCUT2D eigenvalue weighted by atomic mass is 16.1. The highest BCUT2D eigenvalue weighted by Crippen LogP contribution is 2.23. The van der Waals surface area contributed by atoms with Crippen LogP contribution in [0.15, 0.2) is 90.5 Å². The van der Waals surface area contributed by atoms with Crippen molar-refractivity contribution in [3.8, 4) is 0 Å². The van der Waals surface area contributed by atoms with Gasteiger partial charge in [-0.2, -0.15) is 0 Å². The minimum absolute atomic E-state index is 0.0945. The van der Waals surface area contributed by atoms with E-state index in [9.17, 15) is 4.79 Å². The lowest BCUT2D eigenvalue weighted by molar-refractivity contribution is -0.113. The summed E-state index contributed by atoms with van der Waals surface area (Å²) in [6.07, 6.45) is 10.9. The maximum absolute atomic E-state index is 13.1. The molecule has 1 saturated heterocycles. The number of Topliss-reactive ketones (excluding diaryl/α,β-unsaturated/α-hetero) is 1. The fraction of sp³-hybridized carbons (Fsp3) is 0.125. The van der Waals surface area contributed by atoms with E-state index in [2.05, 4.69) is 27.0 Å². The lowest BCUT2D eigenvalue weighted by atomic mass is 9.94. The molecule has 1 fully saturated rings. The first-order chi connectivity index (χ1) is 13.8. The monoisotopic (exact) mass is 367 g/mol. The summed E-state index contributed by atoms with van der Waals surface area (Å²) in [5.41, 5.74) is 4.68. The van der Waals surface area contributed by atoms with Crippen LogP contribution in [-0.2, 0) is 11.3 Å². The Balaban J connectivity index is 1.66. The average Bonchev–Trinajstić information content (AvgIpc) is 2.74. The van der Waals surface area contributed by atoms with E-state index in [1.807, 2.05) is 54.6 Å². The first-order valence-electron chi connectivity index (χ1n) is 9.30. The number of piperidine rings is 1. The highest BCUT2D eigenvalue weighted by Gasteiger charge is 2.26. The number of pyridine rings is 2. The van der Waals surface area contributed by atoms with Crippen molar-refractivity contribution in [1.82, 2.24) is 14.9 Å². The molecule has 4 nitrogen and oxygen atoms in total. The smallest absolute Gasteiger partial charge is 0.187 e. The molecule has 0 spiro atoms. The topological polar surface area (TPSA) is 46.1 Å². The standard InChI is InChI=1S/C24H21N3O/c28-24-22(12-20-8-4-10-25-14-20)17-27(16-19-6-2-1-3-7-19)18-23(24)13-21-9-5-11-26-15-21/h1-15H,16-18H2/b22-12+,23-13+. The van der Waals surface area contributed by atoms with Gasteiger partial charge in [0.15, 0.2) is 5.78 Å². The molecule has 0 unspecified atom stereocenters. The number of hydrogen-bond acceptors (Lipinski definition) is 4. The Morgan fingerprint density at radius 2 is 1.36 bits per heavy atom. The number of hydrogen-bond donors (Lipinski definition) is 0. The zero-order valence-corrected chi connectivity index (χ0v) is 15.5. The van der Waals surface area contributed by atoms with Crippen molar-refractivity contribution in [1.29, 1.82) is 0 Å². The molecule has 4 rings (SSSR count). The number of nitrogens with zero attached hydrogens (tertiary/aromatic N) is 3. The van der Waals surface area contributed by atoms with Gasteiger partial charge in [-0.05, 0) is 41.0 Å². The van der Waals surface area contributed by atoms with Gasteiger partial charge in [-0.25, -0.2) is 0 Å². The second-order valence-corrected chi connectivity index (χ2v) is 6.87. The Hall–Kier alpha value is -3.37. The number of likely N-dealkylation sites (tertiary alicyclic amines) is 1. The molecule has 0 amide bonds. The van der Waals surface area contributed by atoms with Crippen LogP contribution in [0.3, 0.4) is 0 Å². The van der Waals surface area contributed by atoms with Crippen LogP contribution >= 0.6 is 0 Å². The van der Waals surface area contributed by atoms with Crippen LogP contribution in [0, 0.1) is 0 Å². The van der Waals surface area contributed by atoms with Crippen LogP contribution in [-0.4, -0.2) is 33.7 Å². The lowest BCUT2D eigenvalue weighted by Crippen LogP contribution is -2.37. The molecule has 1 aliphatic heterocycles. The van der Waals surface area contributed by atoms with Crippen LogP contribution in [0.5, 0.6) is 0 Å². The largest absolute Gasteiger partial charge is 0.290 e. The van der Waals surface area contributed by atoms with E-state index in [4.69, 9.17) is 0 Å². The van der Waals surface area contributed by atoms with Crippen LogP contribution in [0.1, 0.15) is 16.7 Å². The minimum atomic E-state index is 0.0945. The number of ketones is 1. The van der Waals surface area contributed by atoms with Crippen molar-refractivity contribution in [2.45, 2.75) is 6.54 Å². The van der Waals surface area contributed by atoms with Crippen LogP contribution in [0.25, 0.3) is 12.2 Å². The molecule has 28 heavy (non-hydrogen) atoms. The number of aromatic nitrogens is 2. The first-order valence-corrected chi connectivity index (χ1v) is 9.30. The summed E-state index contributed by atoms with van der Waals surface area (Å²) in [6.45, 7) is 2.03. The van der Waals surface area contributed by atoms with Crippen molar-refractivity contribution >= 4 is 17.9 Å². The van der Waals surface area contributed by atoms with Crippen molar-refractivity contribution in [2.24, 2.45) is 0 Å². The molecule has 0 atom stereocenters. The zero-order valence-electron chi connectivity index (χ0n) is 15.5. The normalized spacial score (nSPS) is 17.9. The number of carbonyl (C=O) groups excluding carboxylic acids is 1. The van der Waals surface area contributed by atoms with E-state index in [0.29, 0.717) is 13.1 Å². The number of rotatable bonds is 4. The van der Waals surface area contributed by atoms with Gasteiger partial charge in [-0.1, -0.05) is 42.5 Å². The molecular weight excluding hydrogens is 346 g/mol. The summed E-state index contributed by atoms with van der Waals surface area (Å²) in [5.74, 6) is 0.0945. The van der Waals surface area contributed by atoms with E-state index in [-0.39, 0.29) is 5.78 Å².